The summed E-state index contributed by atoms with van der Waals surface area (Å²) in [5.74, 6) is 0.353. The summed E-state index contributed by atoms with van der Waals surface area (Å²) >= 11 is 3.41. The Bertz CT molecular complexity index is 489. The van der Waals surface area contributed by atoms with E-state index in [1.807, 2.05) is 18.2 Å². The van der Waals surface area contributed by atoms with Crippen molar-refractivity contribution in [1.82, 2.24) is 10.9 Å². The van der Waals surface area contributed by atoms with Crippen molar-refractivity contribution in [2.75, 3.05) is 6.61 Å². The third-order valence-corrected chi connectivity index (χ3v) is 3.26. The standard InChI is InChI=1S/C14H19BrN2O3/c1-4-13(18)16-17-14(19)8-20-12-6-5-10(9(2)3)7-11(12)15/h5-7,9H,4,8H2,1-3H3,(H,16,18)(H,17,19). The van der Waals surface area contributed by atoms with Gasteiger partial charge in [0.2, 0.25) is 5.91 Å². The van der Waals surface area contributed by atoms with Crippen LogP contribution in [0.15, 0.2) is 22.7 Å². The molecule has 1 aromatic carbocycles. The normalized spacial score (nSPS) is 10.2. The van der Waals surface area contributed by atoms with Crippen molar-refractivity contribution in [1.29, 1.82) is 0 Å². The van der Waals surface area contributed by atoms with E-state index in [0.717, 1.165) is 4.47 Å². The molecular weight excluding hydrogens is 324 g/mol. The number of nitrogens with one attached hydrogen (secondary N) is 2. The minimum absolute atomic E-state index is 0.163. The van der Waals surface area contributed by atoms with Crippen LogP contribution >= 0.6 is 15.9 Å². The SMILES string of the molecule is CCC(=O)NNC(=O)COc1ccc(C(C)C)cc1Br. The number of benzene rings is 1. The average molecular weight is 343 g/mol. The van der Waals surface area contributed by atoms with E-state index in [9.17, 15) is 9.59 Å². The molecule has 2 amide bonds. The van der Waals surface area contributed by atoms with Gasteiger partial charge in [0.05, 0.1) is 4.47 Å². The fourth-order valence-electron chi connectivity index (χ4n) is 1.40. The van der Waals surface area contributed by atoms with E-state index in [1.165, 1.54) is 5.56 Å². The first-order valence-electron chi connectivity index (χ1n) is 6.44. The molecule has 20 heavy (non-hydrogen) atoms. The van der Waals surface area contributed by atoms with Gasteiger partial charge >= 0.3 is 0 Å². The van der Waals surface area contributed by atoms with Gasteiger partial charge in [0, 0.05) is 6.42 Å². The Morgan fingerprint density at radius 3 is 2.45 bits per heavy atom. The molecule has 0 fully saturated rings. The van der Waals surface area contributed by atoms with E-state index in [0.29, 0.717) is 18.1 Å². The lowest BCUT2D eigenvalue weighted by atomic mass is 10.0. The van der Waals surface area contributed by atoms with Crippen LogP contribution in [0.4, 0.5) is 0 Å². The highest BCUT2D eigenvalue weighted by atomic mass is 79.9. The highest BCUT2D eigenvalue weighted by molar-refractivity contribution is 9.10. The van der Waals surface area contributed by atoms with Gasteiger partial charge in [-0.15, -0.1) is 0 Å². The van der Waals surface area contributed by atoms with Crippen molar-refractivity contribution < 1.29 is 14.3 Å². The summed E-state index contributed by atoms with van der Waals surface area (Å²) in [7, 11) is 0. The van der Waals surface area contributed by atoms with Crippen LogP contribution in [0.3, 0.4) is 0 Å². The maximum atomic E-state index is 11.5. The highest BCUT2D eigenvalue weighted by Crippen LogP contribution is 2.28. The first kappa shape index (κ1) is 16.5. The maximum Gasteiger partial charge on any atom is 0.276 e. The molecule has 0 spiro atoms. The van der Waals surface area contributed by atoms with Crippen molar-refractivity contribution in [3.63, 3.8) is 0 Å². The third-order valence-electron chi connectivity index (χ3n) is 2.64. The molecule has 0 atom stereocenters. The van der Waals surface area contributed by atoms with Gasteiger partial charge in [-0.1, -0.05) is 26.8 Å². The van der Waals surface area contributed by atoms with Crippen LogP contribution in [-0.2, 0) is 9.59 Å². The minimum atomic E-state index is -0.411. The average Bonchev–Trinajstić information content (AvgIpc) is 2.43. The predicted molar refractivity (Wildman–Crippen MR) is 80.3 cm³/mol. The first-order chi connectivity index (χ1) is 9.43. The van der Waals surface area contributed by atoms with Crippen LogP contribution in [0.2, 0.25) is 0 Å². The Morgan fingerprint density at radius 1 is 1.25 bits per heavy atom. The molecule has 0 unspecified atom stereocenters. The molecule has 1 rings (SSSR count). The minimum Gasteiger partial charge on any atom is -0.483 e. The molecule has 0 bridgehead atoms. The van der Waals surface area contributed by atoms with Gasteiger partial charge in [0.1, 0.15) is 5.75 Å². The van der Waals surface area contributed by atoms with Gasteiger partial charge in [0.25, 0.3) is 5.91 Å². The third kappa shape index (κ3) is 5.21. The Kier molecular flexibility index (Phi) is 6.51. The molecule has 1 aromatic rings. The number of ether oxygens (including phenoxy) is 1. The Hall–Kier alpha value is -1.56. The summed E-state index contributed by atoms with van der Waals surface area (Å²) in [5.41, 5.74) is 5.73. The van der Waals surface area contributed by atoms with Crippen LogP contribution < -0.4 is 15.6 Å². The quantitative estimate of drug-likeness (QED) is 0.808. The van der Waals surface area contributed by atoms with E-state index in [2.05, 4.69) is 40.6 Å². The molecule has 0 heterocycles. The van der Waals surface area contributed by atoms with Crippen LogP contribution in [0.5, 0.6) is 5.75 Å². The zero-order valence-electron chi connectivity index (χ0n) is 11.8. The van der Waals surface area contributed by atoms with E-state index < -0.39 is 5.91 Å². The van der Waals surface area contributed by atoms with Gasteiger partial charge in [-0.2, -0.15) is 0 Å². The Morgan fingerprint density at radius 2 is 1.90 bits per heavy atom. The molecule has 0 aliphatic rings. The summed E-state index contributed by atoms with van der Waals surface area (Å²) in [6, 6.07) is 5.75. The fraction of sp³-hybridized carbons (Fsp3) is 0.429. The summed E-state index contributed by atoms with van der Waals surface area (Å²) in [5, 5.41) is 0. The number of amides is 2. The smallest absolute Gasteiger partial charge is 0.276 e. The molecule has 0 aromatic heterocycles. The number of hydrogen-bond donors (Lipinski definition) is 2. The van der Waals surface area contributed by atoms with Crippen molar-refractivity contribution in [3.05, 3.63) is 28.2 Å². The van der Waals surface area contributed by atoms with E-state index in [1.54, 1.807) is 6.92 Å². The van der Waals surface area contributed by atoms with Crippen LogP contribution in [0, 0.1) is 0 Å². The number of carbonyl (C=O) groups excluding carboxylic acids is 2. The van der Waals surface area contributed by atoms with Crippen molar-refractivity contribution in [2.45, 2.75) is 33.1 Å². The van der Waals surface area contributed by atoms with Gasteiger partial charge in [-0.3, -0.25) is 20.4 Å². The second kappa shape index (κ2) is 7.89. The lowest BCUT2D eigenvalue weighted by molar-refractivity contribution is -0.129. The van der Waals surface area contributed by atoms with Crippen LogP contribution in [0.25, 0.3) is 0 Å². The van der Waals surface area contributed by atoms with Crippen molar-refractivity contribution in [2.24, 2.45) is 0 Å². The predicted octanol–water partition coefficient (Wildman–Crippen LogP) is 2.51. The monoisotopic (exact) mass is 342 g/mol. The molecule has 5 nitrogen and oxygen atoms in total. The topological polar surface area (TPSA) is 67.4 Å². The van der Waals surface area contributed by atoms with Gasteiger partial charge in [-0.25, -0.2) is 0 Å². The highest BCUT2D eigenvalue weighted by Gasteiger charge is 2.08. The largest absolute Gasteiger partial charge is 0.483 e. The zero-order valence-corrected chi connectivity index (χ0v) is 13.4. The van der Waals surface area contributed by atoms with Gasteiger partial charge < -0.3 is 4.74 Å². The van der Waals surface area contributed by atoms with Crippen molar-refractivity contribution >= 4 is 27.7 Å². The lowest BCUT2D eigenvalue weighted by Crippen LogP contribution is -2.43. The summed E-state index contributed by atoms with van der Waals surface area (Å²) < 4.78 is 6.19. The van der Waals surface area contributed by atoms with E-state index in [-0.39, 0.29) is 12.5 Å². The molecule has 0 aliphatic carbocycles. The van der Waals surface area contributed by atoms with E-state index in [4.69, 9.17) is 4.74 Å². The van der Waals surface area contributed by atoms with E-state index >= 15 is 0 Å². The number of rotatable bonds is 5. The van der Waals surface area contributed by atoms with Crippen LogP contribution in [0.1, 0.15) is 38.7 Å². The van der Waals surface area contributed by atoms with Crippen LogP contribution in [-0.4, -0.2) is 18.4 Å². The Labute approximate surface area is 127 Å². The molecule has 0 saturated heterocycles. The second-order valence-electron chi connectivity index (χ2n) is 4.58. The lowest BCUT2D eigenvalue weighted by Gasteiger charge is -2.11. The number of carbonyl (C=O) groups is 2. The second-order valence-corrected chi connectivity index (χ2v) is 5.44. The summed E-state index contributed by atoms with van der Waals surface area (Å²) in [6.45, 7) is 5.74. The fourth-order valence-corrected chi connectivity index (χ4v) is 1.91. The van der Waals surface area contributed by atoms with Gasteiger partial charge in [0.15, 0.2) is 6.61 Å². The molecule has 0 aliphatic heterocycles. The molecule has 0 saturated carbocycles. The molecular formula is C14H19BrN2O3. The Balaban J connectivity index is 2.49. The number of hydrogen-bond acceptors (Lipinski definition) is 3. The molecule has 110 valence electrons. The van der Waals surface area contributed by atoms with Gasteiger partial charge in [-0.05, 0) is 39.5 Å². The first-order valence-corrected chi connectivity index (χ1v) is 7.23. The number of halogens is 1. The zero-order chi connectivity index (χ0) is 15.1. The maximum absolute atomic E-state index is 11.5. The molecule has 2 N–H and O–H groups in total. The molecule has 6 heteroatoms. The van der Waals surface area contributed by atoms with Crippen molar-refractivity contribution in [3.8, 4) is 5.75 Å². The summed E-state index contributed by atoms with van der Waals surface area (Å²) in [4.78, 5) is 22.4. The molecule has 0 radical (unpaired) electrons. The number of hydrazine groups is 1. The summed E-state index contributed by atoms with van der Waals surface area (Å²) in [6.07, 6.45) is 0.309.